The van der Waals surface area contributed by atoms with Crippen LogP contribution >= 0.6 is 23.2 Å². The summed E-state index contributed by atoms with van der Waals surface area (Å²) >= 11 is 12.3. The molecule has 48 heavy (non-hydrogen) atoms. The molecule has 0 bridgehead atoms. The molecule has 0 aliphatic heterocycles. The molecule has 2 N–H and O–H groups in total. The Bertz CT molecular complexity index is 2430. The first-order chi connectivity index (χ1) is 23.4. The summed E-state index contributed by atoms with van der Waals surface area (Å²) in [6.45, 7) is 0. The number of imidazole rings is 2. The summed E-state index contributed by atoms with van der Waals surface area (Å²) in [4.78, 5) is 9.49. The van der Waals surface area contributed by atoms with Crippen molar-refractivity contribution in [3.8, 4) is 44.8 Å². The Labute approximate surface area is 286 Å². The first-order valence-corrected chi connectivity index (χ1v) is 16.2. The van der Waals surface area contributed by atoms with Gasteiger partial charge in [0.1, 0.15) is 23.5 Å². The highest BCUT2D eigenvalue weighted by molar-refractivity contribution is 6.31. The molecular weight excluding hydrogens is 639 g/mol. The normalized spacial score (nSPS) is 12.8. The molecule has 2 unspecified atom stereocenters. The Hall–Kier alpha value is -5.24. The van der Waals surface area contributed by atoms with E-state index in [1.807, 2.05) is 155 Å². The number of rotatable bonds is 7. The predicted molar refractivity (Wildman–Crippen MR) is 192 cm³/mol. The number of benzene rings is 4. The van der Waals surface area contributed by atoms with Gasteiger partial charge >= 0.3 is 0 Å². The van der Waals surface area contributed by atoms with E-state index in [4.69, 9.17) is 33.2 Å². The second-order valence-electron chi connectivity index (χ2n) is 11.8. The smallest absolute Gasteiger partial charge is 0.137 e. The minimum Gasteiger partial charge on any atom is -0.385 e. The lowest BCUT2D eigenvalue weighted by Gasteiger charge is -2.20. The molecule has 4 aromatic carbocycles. The molecule has 2 atom stereocenters. The summed E-state index contributed by atoms with van der Waals surface area (Å²) in [5.74, 6) is 0. The van der Waals surface area contributed by atoms with Crippen LogP contribution in [0.4, 0.5) is 0 Å². The van der Waals surface area contributed by atoms with Gasteiger partial charge in [0, 0.05) is 46.0 Å². The van der Waals surface area contributed by atoms with Crippen LogP contribution in [0.2, 0.25) is 10.0 Å². The number of halogens is 2. The third-order valence-electron chi connectivity index (χ3n) is 8.58. The number of fused-ring (bicyclic) bond motifs is 2. The zero-order chi connectivity index (χ0) is 32.8. The van der Waals surface area contributed by atoms with Crippen LogP contribution in [0.3, 0.4) is 0 Å². The summed E-state index contributed by atoms with van der Waals surface area (Å²) < 4.78 is 3.97. The zero-order valence-electron chi connectivity index (χ0n) is 25.5. The van der Waals surface area contributed by atoms with Gasteiger partial charge in [0.15, 0.2) is 0 Å². The molecule has 0 fully saturated rings. The predicted octanol–water partition coefficient (Wildman–Crippen LogP) is 9.72. The fraction of sp³-hybridized carbons (Fsp3) is 0.0500. The maximum atomic E-state index is 11.4. The Balaban J connectivity index is 1.04. The van der Waals surface area contributed by atoms with Crippen molar-refractivity contribution in [2.24, 2.45) is 0 Å². The molecule has 234 valence electrons. The Kier molecular flexibility index (Phi) is 7.79. The van der Waals surface area contributed by atoms with E-state index in [1.54, 1.807) is 0 Å². The van der Waals surface area contributed by atoms with Crippen LogP contribution in [-0.4, -0.2) is 29.0 Å². The zero-order valence-corrected chi connectivity index (χ0v) is 27.0. The van der Waals surface area contributed by atoms with Crippen molar-refractivity contribution in [1.29, 1.82) is 0 Å². The average molecular weight is 668 g/mol. The molecule has 0 saturated carbocycles. The maximum absolute atomic E-state index is 11.4. The molecule has 0 aliphatic rings. The third-order valence-corrected chi connectivity index (χ3v) is 9.07. The monoisotopic (exact) mass is 666 g/mol. The highest BCUT2D eigenvalue weighted by atomic mass is 35.5. The van der Waals surface area contributed by atoms with Crippen LogP contribution in [0.25, 0.3) is 56.1 Å². The molecular formula is C40H28Cl2N4O2. The second-order valence-corrected chi connectivity index (χ2v) is 12.6. The van der Waals surface area contributed by atoms with E-state index < -0.39 is 12.2 Å². The lowest BCUT2D eigenvalue weighted by molar-refractivity contribution is 0.0173. The van der Waals surface area contributed by atoms with Crippen LogP contribution < -0.4 is 0 Å². The topological polar surface area (TPSA) is 75.1 Å². The standard InChI is InChI=1S/C40H28Cl2N4O2/c41-33-14-10-25(11-15-33)35-23-45-21-31(12-16-37(45)43-35)26-4-1-7-29(18-26)39(47)40(48)30-8-2-5-27(19-30)32-13-17-38-44-36(24-46(38)22-32)28-6-3-9-34(42)20-28/h1-24,39-40,47-48H. The van der Waals surface area contributed by atoms with Gasteiger partial charge < -0.3 is 19.0 Å². The Morgan fingerprint density at radius 2 is 0.917 bits per heavy atom. The van der Waals surface area contributed by atoms with Crippen molar-refractivity contribution in [3.05, 3.63) is 167 Å². The van der Waals surface area contributed by atoms with Crippen LogP contribution in [0.5, 0.6) is 0 Å². The summed E-state index contributed by atoms with van der Waals surface area (Å²) in [7, 11) is 0. The molecule has 0 aliphatic carbocycles. The van der Waals surface area contributed by atoms with Gasteiger partial charge in [-0.15, -0.1) is 0 Å². The number of pyridine rings is 2. The highest BCUT2D eigenvalue weighted by Crippen LogP contribution is 2.34. The van der Waals surface area contributed by atoms with Crippen LogP contribution in [0.1, 0.15) is 23.3 Å². The van der Waals surface area contributed by atoms with Crippen molar-refractivity contribution in [3.63, 3.8) is 0 Å². The van der Waals surface area contributed by atoms with Gasteiger partial charge in [0.25, 0.3) is 0 Å². The second kappa shape index (κ2) is 12.4. The number of hydrogen-bond donors (Lipinski definition) is 2. The van der Waals surface area contributed by atoms with E-state index >= 15 is 0 Å². The quantitative estimate of drug-likeness (QED) is 0.178. The Morgan fingerprint density at radius 3 is 1.46 bits per heavy atom. The van der Waals surface area contributed by atoms with Gasteiger partial charge in [-0.25, -0.2) is 9.97 Å². The summed E-state index contributed by atoms with van der Waals surface area (Å²) in [6, 6.07) is 38.5. The fourth-order valence-corrected chi connectivity index (χ4v) is 6.36. The number of aromatic nitrogens is 4. The molecule has 0 saturated heterocycles. The van der Waals surface area contributed by atoms with Gasteiger partial charge in [-0.3, -0.25) is 0 Å². The summed E-state index contributed by atoms with van der Waals surface area (Å²) in [5.41, 5.74) is 10.2. The number of hydrogen-bond acceptors (Lipinski definition) is 4. The molecule has 8 rings (SSSR count). The summed E-state index contributed by atoms with van der Waals surface area (Å²) in [5, 5.41) is 24.1. The molecule has 4 heterocycles. The molecule has 4 aromatic heterocycles. The lowest BCUT2D eigenvalue weighted by Crippen LogP contribution is -2.10. The molecule has 8 aromatic rings. The van der Waals surface area contributed by atoms with Crippen molar-refractivity contribution < 1.29 is 10.2 Å². The van der Waals surface area contributed by atoms with Crippen molar-refractivity contribution >= 4 is 34.5 Å². The molecule has 6 nitrogen and oxygen atoms in total. The van der Waals surface area contributed by atoms with Gasteiger partial charge in [0.2, 0.25) is 0 Å². The highest BCUT2D eigenvalue weighted by Gasteiger charge is 2.21. The third kappa shape index (κ3) is 5.87. The van der Waals surface area contributed by atoms with Crippen molar-refractivity contribution in [2.45, 2.75) is 12.2 Å². The van der Waals surface area contributed by atoms with E-state index in [2.05, 4.69) is 0 Å². The summed E-state index contributed by atoms with van der Waals surface area (Å²) in [6.07, 6.45) is 5.72. The lowest BCUT2D eigenvalue weighted by atomic mass is 9.94. The molecule has 0 radical (unpaired) electrons. The average Bonchev–Trinajstić information content (AvgIpc) is 3.75. The number of aliphatic hydroxyl groups is 2. The van der Waals surface area contributed by atoms with Crippen LogP contribution in [-0.2, 0) is 0 Å². The number of aliphatic hydroxyl groups excluding tert-OH is 2. The van der Waals surface area contributed by atoms with E-state index in [0.717, 1.165) is 56.1 Å². The largest absolute Gasteiger partial charge is 0.385 e. The van der Waals surface area contributed by atoms with Crippen molar-refractivity contribution in [2.75, 3.05) is 0 Å². The van der Waals surface area contributed by atoms with Crippen LogP contribution in [0.15, 0.2) is 146 Å². The molecule has 0 amide bonds. The van der Waals surface area contributed by atoms with E-state index in [0.29, 0.717) is 21.2 Å². The molecule has 0 spiro atoms. The maximum Gasteiger partial charge on any atom is 0.137 e. The van der Waals surface area contributed by atoms with Crippen LogP contribution in [0, 0.1) is 0 Å². The van der Waals surface area contributed by atoms with E-state index in [1.165, 1.54) is 0 Å². The van der Waals surface area contributed by atoms with Gasteiger partial charge in [-0.2, -0.15) is 0 Å². The van der Waals surface area contributed by atoms with E-state index in [9.17, 15) is 10.2 Å². The van der Waals surface area contributed by atoms with E-state index in [-0.39, 0.29) is 0 Å². The SMILES string of the molecule is OC(c1cccc(-c2ccc3nc(-c4ccc(Cl)cc4)cn3c2)c1)C(O)c1cccc(-c2ccc3nc(-c4cccc(Cl)c4)cn3c2)c1. The number of nitrogens with zero attached hydrogens (tertiary/aromatic N) is 4. The minimum atomic E-state index is -1.13. The molecule has 8 heteroatoms. The Morgan fingerprint density at radius 1 is 0.438 bits per heavy atom. The van der Waals surface area contributed by atoms with Crippen molar-refractivity contribution in [1.82, 2.24) is 18.8 Å². The minimum absolute atomic E-state index is 0.616. The van der Waals surface area contributed by atoms with Gasteiger partial charge in [-0.05, 0) is 94.0 Å². The van der Waals surface area contributed by atoms with Gasteiger partial charge in [-0.1, -0.05) is 83.9 Å². The van der Waals surface area contributed by atoms with Gasteiger partial charge in [0.05, 0.1) is 11.4 Å². The fourth-order valence-electron chi connectivity index (χ4n) is 6.04. The first-order valence-electron chi connectivity index (χ1n) is 15.4. The first kappa shape index (κ1) is 30.1.